The van der Waals surface area contributed by atoms with Gasteiger partial charge in [-0.2, -0.15) is 4.31 Å². The smallest absolute Gasteiger partial charge is 0.253 e. The molecule has 7 nitrogen and oxygen atoms in total. The van der Waals surface area contributed by atoms with Gasteiger partial charge in [0.05, 0.1) is 13.2 Å². The van der Waals surface area contributed by atoms with Gasteiger partial charge in [-0.05, 0) is 55.8 Å². The lowest BCUT2D eigenvalue weighted by Gasteiger charge is -2.37. The van der Waals surface area contributed by atoms with Crippen LogP contribution in [0.3, 0.4) is 0 Å². The van der Waals surface area contributed by atoms with Gasteiger partial charge in [0.2, 0.25) is 10.0 Å². The van der Waals surface area contributed by atoms with E-state index in [1.807, 2.05) is 26.0 Å². The fraction of sp³-hybridized carbons (Fsp3) is 0.400. The van der Waals surface area contributed by atoms with Gasteiger partial charge in [-0.3, -0.25) is 4.79 Å². The van der Waals surface area contributed by atoms with Crippen molar-refractivity contribution in [3.63, 3.8) is 0 Å². The second kappa shape index (κ2) is 10.7. The van der Waals surface area contributed by atoms with Crippen LogP contribution < -0.4 is 4.74 Å². The van der Waals surface area contributed by atoms with E-state index in [1.165, 1.54) is 39.5 Å². The summed E-state index contributed by atoms with van der Waals surface area (Å²) in [6, 6.07) is 9.55. The third kappa shape index (κ3) is 5.48. The van der Waals surface area contributed by atoms with Crippen molar-refractivity contribution in [1.82, 2.24) is 9.21 Å². The molecule has 0 aromatic heterocycles. The van der Waals surface area contributed by atoms with Crippen LogP contribution in [-0.4, -0.2) is 67.5 Å². The minimum Gasteiger partial charge on any atom is -0.487 e. The lowest BCUT2D eigenvalue weighted by atomic mass is 10.0. The zero-order valence-corrected chi connectivity index (χ0v) is 20.6. The lowest BCUT2D eigenvalue weighted by molar-refractivity contribution is 0.0563. The fourth-order valence-electron chi connectivity index (χ4n) is 3.92. The van der Waals surface area contributed by atoms with Crippen LogP contribution in [0.25, 0.3) is 6.08 Å². The molecule has 1 heterocycles. The Morgan fingerprint density at radius 2 is 1.97 bits per heavy atom. The predicted octanol–water partition coefficient (Wildman–Crippen LogP) is 3.40. The first kappa shape index (κ1) is 25.9. The second-order valence-corrected chi connectivity index (χ2v) is 10.5. The molecule has 3 rings (SSSR count). The Balaban J connectivity index is 1.99. The summed E-state index contributed by atoms with van der Waals surface area (Å²) in [5.74, 6) is -0.825. The van der Waals surface area contributed by atoms with Gasteiger partial charge in [0.15, 0.2) is 0 Å². The zero-order chi connectivity index (χ0) is 25.0. The van der Waals surface area contributed by atoms with Crippen molar-refractivity contribution in [3.8, 4) is 5.75 Å². The van der Waals surface area contributed by atoms with E-state index in [1.54, 1.807) is 26.1 Å². The molecule has 9 heteroatoms. The number of amides is 1. The number of benzene rings is 2. The monoisotopic (exact) mass is 490 g/mol. The summed E-state index contributed by atoms with van der Waals surface area (Å²) in [4.78, 5) is 14.4. The number of aliphatic hydroxyl groups is 1. The number of rotatable bonds is 6. The Labute approximate surface area is 200 Å². The fourth-order valence-corrected chi connectivity index (χ4v) is 5.75. The van der Waals surface area contributed by atoms with Gasteiger partial charge in [0.25, 0.3) is 5.91 Å². The summed E-state index contributed by atoms with van der Waals surface area (Å²) in [5.41, 5.74) is 1.12. The molecule has 184 valence electrons. The van der Waals surface area contributed by atoms with E-state index in [0.29, 0.717) is 5.56 Å². The van der Waals surface area contributed by atoms with E-state index in [0.717, 1.165) is 5.56 Å². The Kier molecular flexibility index (Phi) is 8.12. The molecule has 0 saturated carbocycles. The highest BCUT2D eigenvalue weighted by molar-refractivity contribution is 7.89. The maximum Gasteiger partial charge on any atom is 0.253 e. The normalized spacial score (nSPS) is 21.2. The standard InChI is InChI=1S/C25H31FN2O5S/c1-5-6-19-7-12-24-22(13-19)33-23(17(2)14-28(18(3)16-29)34(24,31)32)15-27(4)25(30)20-8-10-21(26)11-9-20/h5-13,17-18,23,29H,14-16H2,1-4H3/b6-5+/t17-,18+,23-/m1/s1. The van der Waals surface area contributed by atoms with Crippen LogP contribution in [0.4, 0.5) is 4.39 Å². The van der Waals surface area contributed by atoms with E-state index in [-0.39, 0.29) is 42.2 Å². The highest BCUT2D eigenvalue weighted by atomic mass is 32.2. The van der Waals surface area contributed by atoms with E-state index in [9.17, 15) is 22.7 Å². The maximum absolute atomic E-state index is 13.5. The minimum atomic E-state index is -3.93. The number of carbonyl (C=O) groups excluding carboxylic acids is 1. The third-order valence-corrected chi connectivity index (χ3v) is 7.96. The number of carbonyl (C=O) groups is 1. The molecule has 0 saturated heterocycles. The molecule has 0 fully saturated rings. The number of nitrogens with zero attached hydrogens (tertiary/aromatic N) is 2. The summed E-state index contributed by atoms with van der Waals surface area (Å²) in [5, 5.41) is 9.73. The molecule has 2 aromatic carbocycles. The number of ether oxygens (including phenoxy) is 1. The molecule has 2 aromatic rings. The number of allylic oxidation sites excluding steroid dienone is 1. The summed E-state index contributed by atoms with van der Waals surface area (Å²) < 4.78 is 47.7. The number of fused-ring (bicyclic) bond motifs is 1. The van der Waals surface area contributed by atoms with Gasteiger partial charge >= 0.3 is 0 Å². The summed E-state index contributed by atoms with van der Waals surface area (Å²) in [7, 11) is -2.30. The number of hydrogen-bond donors (Lipinski definition) is 1. The van der Waals surface area contributed by atoms with Crippen molar-refractivity contribution in [1.29, 1.82) is 0 Å². The molecule has 1 N–H and O–H groups in total. The van der Waals surface area contributed by atoms with Gasteiger partial charge in [0, 0.05) is 31.1 Å². The first-order chi connectivity index (χ1) is 16.1. The molecule has 34 heavy (non-hydrogen) atoms. The average molecular weight is 491 g/mol. The van der Waals surface area contributed by atoms with Crippen LogP contribution in [0.5, 0.6) is 5.75 Å². The Hall–Kier alpha value is -2.75. The Morgan fingerprint density at radius 3 is 2.59 bits per heavy atom. The summed E-state index contributed by atoms with van der Waals surface area (Å²) >= 11 is 0. The van der Waals surface area contributed by atoms with Gasteiger partial charge in [-0.15, -0.1) is 0 Å². The van der Waals surface area contributed by atoms with Gasteiger partial charge < -0.3 is 14.7 Å². The van der Waals surface area contributed by atoms with Crippen molar-refractivity contribution >= 4 is 22.0 Å². The van der Waals surface area contributed by atoms with Crippen LogP contribution in [0.1, 0.15) is 36.7 Å². The topological polar surface area (TPSA) is 87.2 Å². The molecular weight excluding hydrogens is 459 g/mol. The molecule has 1 aliphatic heterocycles. The SMILES string of the molecule is C/C=C/c1ccc2c(c1)O[C@H](CN(C)C(=O)c1ccc(F)cc1)[C@H](C)CN([C@@H](C)CO)S2(=O)=O. The molecule has 1 amide bonds. The van der Waals surface area contributed by atoms with Crippen molar-refractivity contribution in [2.24, 2.45) is 5.92 Å². The minimum absolute atomic E-state index is 0.0190. The number of likely N-dealkylation sites (N-methyl/N-ethyl adjacent to an activating group) is 1. The Morgan fingerprint density at radius 1 is 1.29 bits per heavy atom. The van der Waals surface area contributed by atoms with Gasteiger partial charge in [-0.1, -0.05) is 25.1 Å². The Bertz CT molecular complexity index is 1150. The summed E-state index contributed by atoms with van der Waals surface area (Å²) in [6.07, 6.45) is 3.15. The number of sulfonamides is 1. The van der Waals surface area contributed by atoms with Crippen LogP contribution in [0.2, 0.25) is 0 Å². The van der Waals surface area contributed by atoms with E-state index >= 15 is 0 Å². The number of halogens is 1. The highest BCUT2D eigenvalue weighted by Crippen LogP contribution is 2.34. The molecule has 1 aliphatic rings. The van der Waals surface area contributed by atoms with Crippen molar-refractivity contribution in [2.45, 2.75) is 37.8 Å². The van der Waals surface area contributed by atoms with Crippen molar-refractivity contribution in [2.75, 3.05) is 26.7 Å². The van der Waals surface area contributed by atoms with Crippen LogP contribution >= 0.6 is 0 Å². The predicted molar refractivity (Wildman–Crippen MR) is 129 cm³/mol. The first-order valence-electron chi connectivity index (χ1n) is 11.2. The molecule has 0 radical (unpaired) electrons. The molecule has 0 bridgehead atoms. The van der Waals surface area contributed by atoms with Gasteiger partial charge in [-0.25, -0.2) is 12.8 Å². The molecule has 0 spiro atoms. The first-order valence-corrected chi connectivity index (χ1v) is 12.6. The average Bonchev–Trinajstić information content (AvgIpc) is 2.81. The van der Waals surface area contributed by atoms with Crippen molar-refractivity contribution < 1.29 is 27.4 Å². The second-order valence-electron chi connectivity index (χ2n) is 8.64. The molecule has 3 atom stereocenters. The zero-order valence-electron chi connectivity index (χ0n) is 19.8. The van der Waals surface area contributed by atoms with Crippen LogP contribution in [0.15, 0.2) is 53.4 Å². The number of hydrogen-bond acceptors (Lipinski definition) is 5. The molecule has 0 unspecified atom stereocenters. The lowest BCUT2D eigenvalue weighted by Crippen LogP contribution is -2.50. The van der Waals surface area contributed by atoms with Crippen molar-refractivity contribution in [3.05, 3.63) is 65.5 Å². The maximum atomic E-state index is 13.5. The van der Waals surface area contributed by atoms with E-state index in [2.05, 4.69) is 0 Å². The highest BCUT2D eigenvalue weighted by Gasteiger charge is 2.38. The molecular formula is C25H31FN2O5S. The van der Waals surface area contributed by atoms with Crippen LogP contribution in [-0.2, 0) is 10.0 Å². The van der Waals surface area contributed by atoms with E-state index < -0.39 is 28.0 Å². The van der Waals surface area contributed by atoms with E-state index in [4.69, 9.17) is 4.74 Å². The number of aliphatic hydroxyl groups excluding tert-OH is 1. The quantitative estimate of drug-likeness (QED) is 0.671. The van der Waals surface area contributed by atoms with Gasteiger partial charge in [0.1, 0.15) is 22.6 Å². The third-order valence-electron chi connectivity index (χ3n) is 5.94. The van der Waals surface area contributed by atoms with Crippen LogP contribution in [0, 0.1) is 11.7 Å². The summed E-state index contributed by atoms with van der Waals surface area (Å²) in [6.45, 7) is 5.34. The molecule has 0 aliphatic carbocycles. The largest absolute Gasteiger partial charge is 0.487 e.